The molecule has 2 N–H and O–H groups in total. The van der Waals surface area contributed by atoms with Crippen molar-refractivity contribution < 1.29 is 9.47 Å². The van der Waals surface area contributed by atoms with E-state index in [4.69, 9.17) is 15.2 Å². The van der Waals surface area contributed by atoms with Crippen molar-refractivity contribution in [2.45, 2.75) is 6.42 Å². The Morgan fingerprint density at radius 1 is 1.06 bits per heavy atom. The number of anilines is 2. The number of methoxy groups -OCH3 is 2. The van der Waals surface area contributed by atoms with Crippen molar-refractivity contribution in [1.29, 1.82) is 0 Å². The Balaban J connectivity index is 2.64. The number of nitrogens with two attached hydrogens (primary N) is 1. The molecule has 0 atom stereocenters. The molecule has 0 saturated heterocycles. The van der Waals surface area contributed by atoms with E-state index >= 15 is 0 Å². The van der Waals surface area contributed by atoms with E-state index in [1.807, 2.05) is 24.3 Å². The molecule has 0 aromatic heterocycles. The maximum atomic E-state index is 5.98. The molecular formula is C13H22N2O2. The van der Waals surface area contributed by atoms with Crippen LogP contribution in [0.5, 0.6) is 0 Å². The Bertz CT molecular complexity index is 318. The maximum absolute atomic E-state index is 5.98. The number of ether oxygens (including phenoxy) is 2. The molecule has 0 unspecified atom stereocenters. The fourth-order valence-corrected chi connectivity index (χ4v) is 1.73. The van der Waals surface area contributed by atoms with Gasteiger partial charge in [0.2, 0.25) is 0 Å². The van der Waals surface area contributed by atoms with E-state index in [0.29, 0.717) is 6.61 Å². The zero-order valence-electron chi connectivity index (χ0n) is 10.7. The second-order valence-corrected chi connectivity index (χ2v) is 3.89. The van der Waals surface area contributed by atoms with Gasteiger partial charge in [0.15, 0.2) is 0 Å². The summed E-state index contributed by atoms with van der Waals surface area (Å²) in [6, 6.07) is 7.91. The average molecular weight is 238 g/mol. The van der Waals surface area contributed by atoms with Crippen LogP contribution in [0, 0.1) is 0 Å². The zero-order chi connectivity index (χ0) is 12.5. The molecule has 1 aromatic carbocycles. The van der Waals surface area contributed by atoms with E-state index < -0.39 is 0 Å². The van der Waals surface area contributed by atoms with E-state index in [1.54, 1.807) is 14.2 Å². The Kier molecular flexibility index (Phi) is 6.43. The monoisotopic (exact) mass is 238 g/mol. The molecule has 96 valence electrons. The molecule has 0 aliphatic rings. The lowest BCUT2D eigenvalue weighted by Gasteiger charge is -2.25. The van der Waals surface area contributed by atoms with Gasteiger partial charge in [-0.15, -0.1) is 0 Å². The van der Waals surface area contributed by atoms with Gasteiger partial charge in [0, 0.05) is 33.9 Å². The predicted molar refractivity (Wildman–Crippen MR) is 71.4 cm³/mol. The summed E-state index contributed by atoms with van der Waals surface area (Å²) < 4.78 is 10.2. The number of para-hydroxylation sites is 2. The summed E-state index contributed by atoms with van der Waals surface area (Å²) in [6.45, 7) is 3.22. The summed E-state index contributed by atoms with van der Waals surface area (Å²) in [5.41, 5.74) is 7.86. The van der Waals surface area contributed by atoms with Crippen LogP contribution in [-0.4, -0.2) is 40.5 Å². The summed E-state index contributed by atoms with van der Waals surface area (Å²) in [4.78, 5) is 2.23. The van der Waals surface area contributed by atoms with Gasteiger partial charge in [-0.1, -0.05) is 12.1 Å². The van der Waals surface area contributed by atoms with Crippen molar-refractivity contribution in [3.05, 3.63) is 24.3 Å². The van der Waals surface area contributed by atoms with Crippen molar-refractivity contribution in [1.82, 2.24) is 0 Å². The Labute approximate surface area is 103 Å². The van der Waals surface area contributed by atoms with Crippen molar-refractivity contribution in [3.63, 3.8) is 0 Å². The van der Waals surface area contributed by atoms with E-state index in [2.05, 4.69) is 4.90 Å². The molecule has 0 saturated carbocycles. The van der Waals surface area contributed by atoms with Gasteiger partial charge in [0.25, 0.3) is 0 Å². The normalized spacial score (nSPS) is 10.5. The fourth-order valence-electron chi connectivity index (χ4n) is 1.73. The molecule has 4 nitrogen and oxygen atoms in total. The summed E-state index contributed by atoms with van der Waals surface area (Å²) >= 11 is 0. The maximum Gasteiger partial charge on any atom is 0.0637 e. The quantitative estimate of drug-likeness (QED) is 0.554. The first-order valence-corrected chi connectivity index (χ1v) is 5.87. The molecule has 0 amide bonds. The molecule has 17 heavy (non-hydrogen) atoms. The molecule has 0 heterocycles. The molecule has 0 radical (unpaired) electrons. The van der Waals surface area contributed by atoms with Crippen molar-refractivity contribution in [2.75, 3.05) is 51.2 Å². The second kappa shape index (κ2) is 7.92. The number of nitrogens with zero attached hydrogens (tertiary/aromatic N) is 1. The van der Waals surface area contributed by atoms with E-state index in [9.17, 15) is 0 Å². The van der Waals surface area contributed by atoms with E-state index in [1.165, 1.54) is 0 Å². The lowest BCUT2D eigenvalue weighted by atomic mass is 10.2. The SMILES string of the molecule is COCCCN(CCOC)c1ccccc1N. The van der Waals surface area contributed by atoms with Crippen molar-refractivity contribution in [2.24, 2.45) is 0 Å². The van der Waals surface area contributed by atoms with Crippen LogP contribution in [0.4, 0.5) is 11.4 Å². The average Bonchev–Trinajstić information content (AvgIpc) is 2.35. The predicted octanol–water partition coefficient (Wildman–Crippen LogP) is 1.76. The lowest BCUT2D eigenvalue weighted by molar-refractivity contribution is 0.191. The second-order valence-electron chi connectivity index (χ2n) is 3.89. The minimum absolute atomic E-state index is 0.696. The third-order valence-corrected chi connectivity index (χ3v) is 2.62. The van der Waals surface area contributed by atoms with Crippen molar-refractivity contribution >= 4 is 11.4 Å². The van der Waals surface area contributed by atoms with E-state index in [0.717, 1.165) is 37.5 Å². The molecular weight excluding hydrogens is 216 g/mol. The first-order chi connectivity index (χ1) is 8.29. The smallest absolute Gasteiger partial charge is 0.0637 e. The van der Waals surface area contributed by atoms with Gasteiger partial charge in [-0.3, -0.25) is 0 Å². The van der Waals surface area contributed by atoms with Gasteiger partial charge >= 0.3 is 0 Å². The molecule has 4 heteroatoms. The van der Waals surface area contributed by atoms with Gasteiger partial charge in [-0.2, -0.15) is 0 Å². The summed E-state index contributed by atoms with van der Waals surface area (Å²) in [7, 11) is 3.43. The van der Waals surface area contributed by atoms with E-state index in [-0.39, 0.29) is 0 Å². The lowest BCUT2D eigenvalue weighted by Crippen LogP contribution is -2.29. The van der Waals surface area contributed by atoms with Gasteiger partial charge in [0.1, 0.15) is 0 Å². The molecule has 1 aromatic rings. The third kappa shape index (κ3) is 4.63. The van der Waals surface area contributed by atoms with Crippen LogP contribution < -0.4 is 10.6 Å². The molecule has 0 aliphatic carbocycles. The highest BCUT2D eigenvalue weighted by Gasteiger charge is 2.08. The van der Waals surface area contributed by atoms with Gasteiger partial charge in [-0.25, -0.2) is 0 Å². The number of rotatable bonds is 8. The minimum atomic E-state index is 0.696. The number of hydrogen-bond donors (Lipinski definition) is 1. The van der Waals surface area contributed by atoms with Crippen LogP contribution in [0.2, 0.25) is 0 Å². The van der Waals surface area contributed by atoms with Crippen LogP contribution in [0.15, 0.2) is 24.3 Å². The van der Waals surface area contributed by atoms with Crippen LogP contribution in [0.25, 0.3) is 0 Å². The van der Waals surface area contributed by atoms with Gasteiger partial charge in [0.05, 0.1) is 18.0 Å². The molecule has 0 fully saturated rings. The molecule has 0 spiro atoms. The van der Waals surface area contributed by atoms with Gasteiger partial charge in [-0.05, 0) is 18.6 Å². The molecule has 0 aliphatic heterocycles. The highest BCUT2D eigenvalue weighted by atomic mass is 16.5. The minimum Gasteiger partial charge on any atom is -0.397 e. The Hall–Kier alpha value is -1.26. The zero-order valence-corrected chi connectivity index (χ0v) is 10.7. The topological polar surface area (TPSA) is 47.7 Å². The molecule has 1 rings (SSSR count). The standard InChI is InChI=1S/C13H22N2O2/c1-16-10-5-8-15(9-11-17-2)13-7-4-3-6-12(13)14/h3-4,6-7H,5,8-11,14H2,1-2H3. The first-order valence-electron chi connectivity index (χ1n) is 5.87. The van der Waals surface area contributed by atoms with Crippen LogP contribution >= 0.6 is 0 Å². The van der Waals surface area contributed by atoms with Gasteiger partial charge < -0.3 is 20.1 Å². The highest BCUT2D eigenvalue weighted by molar-refractivity contribution is 5.67. The Morgan fingerprint density at radius 2 is 1.76 bits per heavy atom. The van der Waals surface area contributed by atoms with Crippen LogP contribution in [-0.2, 0) is 9.47 Å². The van der Waals surface area contributed by atoms with Crippen LogP contribution in [0.3, 0.4) is 0 Å². The first kappa shape index (κ1) is 13.8. The van der Waals surface area contributed by atoms with Crippen LogP contribution in [0.1, 0.15) is 6.42 Å². The number of nitrogen functional groups attached to an aromatic ring is 1. The number of hydrogen-bond acceptors (Lipinski definition) is 4. The third-order valence-electron chi connectivity index (χ3n) is 2.62. The molecule has 0 bridgehead atoms. The highest BCUT2D eigenvalue weighted by Crippen LogP contribution is 2.22. The largest absolute Gasteiger partial charge is 0.397 e. The van der Waals surface area contributed by atoms with Crippen molar-refractivity contribution in [3.8, 4) is 0 Å². The summed E-state index contributed by atoms with van der Waals surface area (Å²) in [5.74, 6) is 0. The summed E-state index contributed by atoms with van der Waals surface area (Å²) in [5, 5.41) is 0. The fraction of sp³-hybridized carbons (Fsp3) is 0.538. The Morgan fingerprint density at radius 3 is 2.41 bits per heavy atom. The summed E-state index contributed by atoms with van der Waals surface area (Å²) in [6.07, 6.45) is 0.981. The number of benzene rings is 1.